The molecule has 1 aliphatic heterocycles. The minimum atomic E-state index is 0.499. The molecular weight excluding hydrogens is 186 g/mol. The van der Waals surface area contributed by atoms with Crippen LogP contribution in [0.25, 0.3) is 0 Å². The van der Waals surface area contributed by atoms with E-state index >= 15 is 0 Å². The Balaban J connectivity index is 1.38. The molecule has 3 aliphatic rings. The summed E-state index contributed by atoms with van der Waals surface area (Å²) in [6.45, 7) is 3.24. The molecule has 0 aromatic rings. The zero-order valence-electron chi connectivity index (χ0n) is 9.32. The molecule has 0 amide bonds. The Morgan fingerprint density at radius 3 is 2.87 bits per heavy atom. The lowest BCUT2D eigenvalue weighted by atomic mass is 9.93. The van der Waals surface area contributed by atoms with Crippen molar-refractivity contribution in [2.45, 2.75) is 31.8 Å². The van der Waals surface area contributed by atoms with Gasteiger partial charge in [-0.3, -0.25) is 0 Å². The molecule has 3 rings (SSSR count). The van der Waals surface area contributed by atoms with E-state index in [1.807, 2.05) is 0 Å². The van der Waals surface area contributed by atoms with Gasteiger partial charge in [-0.2, -0.15) is 0 Å². The summed E-state index contributed by atoms with van der Waals surface area (Å²) in [5, 5.41) is 3.60. The Kier molecular flexibility index (Phi) is 2.80. The van der Waals surface area contributed by atoms with Crippen LogP contribution in [-0.2, 0) is 4.74 Å². The second kappa shape index (κ2) is 4.26. The van der Waals surface area contributed by atoms with Gasteiger partial charge in [-0.15, -0.1) is 0 Å². The summed E-state index contributed by atoms with van der Waals surface area (Å²) >= 11 is 0. The van der Waals surface area contributed by atoms with E-state index < -0.39 is 0 Å². The molecule has 0 aromatic carbocycles. The molecule has 2 nitrogen and oxygen atoms in total. The van der Waals surface area contributed by atoms with Crippen molar-refractivity contribution >= 4 is 0 Å². The summed E-state index contributed by atoms with van der Waals surface area (Å²) in [6.07, 6.45) is 10.7. The highest BCUT2D eigenvalue weighted by molar-refractivity contribution is 5.10. The van der Waals surface area contributed by atoms with Gasteiger partial charge in [0, 0.05) is 13.2 Å². The van der Waals surface area contributed by atoms with E-state index in [1.54, 1.807) is 0 Å². The SMILES string of the molecule is C1=C[C@H]2C[C@@H]1C[C@H]2CNC[C@H]1CCCO1. The number of hydrogen-bond acceptors (Lipinski definition) is 2. The Bertz CT molecular complexity index is 245. The van der Waals surface area contributed by atoms with Crippen LogP contribution in [0.15, 0.2) is 12.2 Å². The molecule has 2 fully saturated rings. The molecule has 15 heavy (non-hydrogen) atoms. The van der Waals surface area contributed by atoms with Crippen molar-refractivity contribution in [3.8, 4) is 0 Å². The number of fused-ring (bicyclic) bond motifs is 2. The van der Waals surface area contributed by atoms with Crippen molar-refractivity contribution in [1.29, 1.82) is 0 Å². The lowest BCUT2D eigenvalue weighted by Gasteiger charge is -2.19. The van der Waals surface area contributed by atoms with Crippen LogP contribution in [0.2, 0.25) is 0 Å². The highest BCUT2D eigenvalue weighted by Gasteiger charge is 2.35. The van der Waals surface area contributed by atoms with Gasteiger partial charge in [0.2, 0.25) is 0 Å². The summed E-state index contributed by atoms with van der Waals surface area (Å²) in [4.78, 5) is 0. The molecular formula is C13H21NO. The van der Waals surface area contributed by atoms with Gasteiger partial charge >= 0.3 is 0 Å². The lowest BCUT2D eigenvalue weighted by Crippen LogP contribution is -2.31. The number of nitrogens with one attached hydrogen (secondary N) is 1. The van der Waals surface area contributed by atoms with Gasteiger partial charge in [0.15, 0.2) is 0 Å². The van der Waals surface area contributed by atoms with Crippen molar-refractivity contribution in [3.05, 3.63) is 12.2 Å². The van der Waals surface area contributed by atoms with Crippen LogP contribution in [0, 0.1) is 17.8 Å². The summed E-state index contributed by atoms with van der Waals surface area (Å²) in [5.41, 5.74) is 0. The van der Waals surface area contributed by atoms with Gasteiger partial charge in [-0.1, -0.05) is 12.2 Å². The first-order valence-corrected chi connectivity index (χ1v) is 6.42. The molecule has 0 aromatic heterocycles. The van der Waals surface area contributed by atoms with Crippen molar-refractivity contribution in [3.63, 3.8) is 0 Å². The Morgan fingerprint density at radius 2 is 2.20 bits per heavy atom. The molecule has 84 valence electrons. The van der Waals surface area contributed by atoms with E-state index in [-0.39, 0.29) is 0 Å². The Morgan fingerprint density at radius 1 is 1.20 bits per heavy atom. The Hall–Kier alpha value is -0.340. The predicted octanol–water partition coefficient (Wildman–Crippen LogP) is 1.97. The van der Waals surface area contributed by atoms with Crippen LogP contribution in [0.1, 0.15) is 25.7 Å². The van der Waals surface area contributed by atoms with Gasteiger partial charge in [0.1, 0.15) is 0 Å². The standard InChI is InChI=1S/C13H21NO/c1-2-13(15-5-1)9-14-8-12-7-10-3-4-11(12)6-10/h3-4,10-14H,1-2,5-9H2/t10-,11+,12+,13-/m1/s1. The highest BCUT2D eigenvalue weighted by atomic mass is 16.5. The van der Waals surface area contributed by atoms with Crippen molar-refractivity contribution in [2.24, 2.45) is 17.8 Å². The third-order valence-corrected chi connectivity index (χ3v) is 4.22. The summed E-state index contributed by atoms with van der Waals surface area (Å²) in [6, 6.07) is 0. The van der Waals surface area contributed by atoms with Gasteiger partial charge in [0.25, 0.3) is 0 Å². The average Bonchev–Trinajstić information content (AvgIpc) is 2.93. The maximum Gasteiger partial charge on any atom is 0.0700 e. The van der Waals surface area contributed by atoms with Crippen molar-refractivity contribution < 1.29 is 4.74 Å². The molecule has 0 unspecified atom stereocenters. The van der Waals surface area contributed by atoms with E-state index in [0.717, 1.165) is 30.9 Å². The number of rotatable bonds is 4. The lowest BCUT2D eigenvalue weighted by molar-refractivity contribution is 0.109. The van der Waals surface area contributed by atoms with Gasteiger partial charge in [-0.05, 0) is 50.0 Å². The van der Waals surface area contributed by atoms with Crippen molar-refractivity contribution in [1.82, 2.24) is 5.32 Å². The first kappa shape index (κ1) is 9.86. The first-order chi connectivity index (χ1) is 7.42. The largest absolute Gasteiger partial charge is 0.377 e. The maximum absolute atomic E-state index is 5.60. The number of ether oxygens (including phenoxy) is 1. The molecule has 1 N–H and O–H groups in total. The molecule has 2 bridgehead atoms. The van der Waals surface area contributed by atoms with Gasteiger partial charge < -0.3 is 10.1 Å². The molecule has 2 aliphatic carbocycles. The summed E-state index contributed by atoms with van der Waals surface area (Å²) in [5.74, 6) is 2.69. The zero-order valence-corrected chi connectivity index (χ0v) is 9.32. The topological polar surface area (TPSA) is 21.3 Å². The number of allylic oxidation sites excluding steroid dienone is 2. The molecule has 1 saturated heterocycles. The van der Waals surface area contributed by atoms with Crippen LogP contribution < -0.4 is 5.32 Å². The fraction of sp³-hybridized carbons (Fsp3) is 0.846. The second-order valence-electron chi connectivity index (χ2n) is 5.33. The zero-order chi connectivity index (χ0) is 10.1. The third-order valence-electron chi connectivity index (χ3n) is 4.22. The van der Waals surface area contributed by atoms with E-state index in [1.165, 1.54) is 32.2 Å². The minimum absolute atomic E-state index is 0.499. The Labute approximate surface area is 92.1 Å². The molecule has 0 radical (unpaired) electrons. The maximum atomic E-state index is 5.60. The van der Waals surface area contributed by atoms with Crippen LogP contribution in [0.5, 0.6) is 0 Å². The quantitative estimate of drug-likeness (QED) is 0.712. The molecule has 0 spiro atoms. The van der Waals surface area contributed by atoms with E-state index in [4.69, 9.17) is 4.74 Å². The van der Waals surface area contributed by atoms with Crippen LogP contribution in [0.3, 0.4) is 0 Å². The van der Waals surface area contributed by atoms with E-state index in [9.17, 15) is 0 Å². The van der Waals surface area contributed by atoms with Gasteiger partial charge in [0.05, 0.1) is 6.10 Å². The first-order valence-electron chi connectivity index (χ1n) is 6.42. The van der Waals surface area contributed by atoms with Crippen LogP contribution >= 0.6 is 0 Å². The van der Waals surface area contributed by atoms with E-state index in [0.29, 0.717) is 6.10 Å². The molecule has 2 heteroatoms. The van der Waals surface area contributed by atoms with E-state index in [2.05, 4.69) is 17.5 Å². The summed E-state index contributed by atoms with van der Waals surface area (Å²) < 4.78 is 5.60. The molecule has 1 saturated carbocycles. The minimum Gasteiger partial charge on any atom is -0.377 e. The smallest absolute Gasteiger partial charge is 0.0700 e. The fourth-order valence-electron chi connectivity index (χ4n) is 3.36. The fourth-order valence-corrected chi connectivity index (χ4v) is 3.36. The van der Waals surface area contributed by atoms with Crippen LogP contribution in [-0.4, -0.2) is 25.8 Å². The van der Waals surface area contributed by atoms with Crippen LogP contribution in [0.4, 0.5) is 0 Å². The predicted molar refractivity (Wildman–Crippen MR) is 60.7 cm³/mol. The molecule has 4 atom stereocenters. The monoisotopic (exact) mass is 207 g/mol. The number of hydrogen-bond donors (Lipinski definition) is 1. The average molecular weight is 207 g/mol. The highest BCUT2D eigenvalue weighted by Crippen LogP contribution is 2.42. The summed E-state index contributed by atoms with van der Waals surface area (Å²) in [7, 11) is 0. The third kappa shape index (κ3) is 2.11. The second-order valence-corrected chi connectivity index (χ2v) is 5.33. The molecule has 1 heterocycles. The normalized spacial score (nSPS) is 42.9. The van der Waals surface area contributed by atoms with Crippen molar-refractivity contribution in [2.75, 3.05) is 19.7 Å². The van der Waals surface area contributed by atoms with Gasteiger partial charge in [-0.25, -0.2) is 0 Å².